The van der Waals surface area contributed by atoms with E-state index in [0.29, 0.717) is 11.1 Å². The number of nitrogens with zero attached hydrogens (tertiary/aromatic N) is 2. The zero-order valence-corrected chi connectivity index (χ0v) is 11.9. The van der Waals surface area contributed by atoms with Gasteiger partial charge in [-0.05, 0) is 48.7 Å². The number of carbonyl (C=O) groups excluding carboxylic acids is 2. The van der Waals surface area contributed by atoms with Crippen LogP contribution in [0.2, 0.25) is 0 Å². The first kappa shape index (κ1) is 14.4. The fraction of sp³-hybridized carbons (Fsp3) is 0.235. The number of aromatic nitrogens is 1. The van der Waals surface area contributed by atoms with Gasteiger partial charge in [0.05, 0.1) is 6.04 Å². The van der Waals surface area contributed by atoms with Gasteiger partial charge in [-0.3, -0.25) is 14.6 Å². The number of amides is 1. The fourth-order valence-corrected chi connectivity index (χ4v) is 2.81. The third kappa shape index (κ3) is 2.74. The first-order valence-corrected chi connectivity index (χ1v) is 7.15. The first-order valence-electron chi connectivity index (χ1n) is 7.15. The molecule has 3 rings (SSSR count). The molecule has 2 aromatic rings. The van der Waals surface area contributed by atoms with Crippen molar-refractivity contribution in [2.24, 2.45) is 0 Å². The first-order chi connectivity index (χ1) is 10.7. The number of benzene rings is 1. The minimum absolute atomic E-state index is 0.0223. The normalized spacial score (nSPS) is 17.5. The number of halogens is 1. The van der Waals surface area contributed by atoms with Gasteiger partial charge in [0.25, 0.3) is 0 Å². The van der Waals surface area contributed by atoms with Crippen molar-refractivity contribution in [2.45, 2.75) is 18.9 Å². The summed E-state index contributed by atoms with van der Waals surface area (Å²) in [5.74, 6) is -0.582. The largest absolute Gasteiger partial charge is 0.338 e. The Morgan fingerprint density at radius 2 is 2.00 bits per heavy atom. The summed E-state index contributed by atoms with van der Waals surface area (Å²) in [6.07, 6.45) is 5.84. The topological polar surface area (TPSA) is 50.3 Å². The highest BCUT2D eigenvalue weighted by molar-refractivity contribution is 6.08. The van der Waals surface area contributed by atoms with Gasteiger partial charge in [0.1, 0.15) is 5.82 Å². The molecule has 2 heterocycles. The molecule has 0 radical (unpaired) electrons. The second-order valence-corrected chi connectivity index (χ2v) is 5.34. The van der Waals surface area contributed by atoms with E-state index in [1.807, 2.05) is 0 Å². The third-order valence-electron chi connectivity index (χ3n) is 3.94. The zero-order valence-electron chi connectivity index (χ0n) is 11.9. The van der Waals surface area contributed by atoms with Crippen LogP contribution in [0.5, 0.6) is 0 Å². The van der Waals surface area contributed by atoms with Crippen molar-refractivity contribution in [1.29, 1.82) is 0 Å². The molecule has 1 unspecified atom stereocenters. The van der Waals surface area contributed by atoms with Crippen molar-refractivity contribution >= 4 is 12.2 Å². The molecule has 1 atom stereocenters. The van der Waals surface area contributed by atoms with Crippen LogP contribution in [-0.2, 0) is 4.79 Å². The Balaban J connectivity index is 1.89. The van der Waals surface area contributed by atoms with Crippen molar-refractivity contribution in [3.05, 3.63) is 65.2 Å². The summed E-state index contributed by atoms with van der Waals surface area (Å²) in [5, 5.41) is 0. The highest BCUT2D eigenvalue weighted by atomic mass is 19.1. The maximum absolute atomic E-state index is 12.9. The van der Waals surface area contributed by atoms with Gasteiger partial charge in [-0.2, -0.15) is 0 Å². The Morgan fingerprint density at radius 3 is 2.73 bits per heavy atom. The van der Waals surface area contributed by atoms with Crippen LogP contribution in [0.25, 0.3) is 0 Å². The second-order valence-electron chi connectivity index (χ2n) is 5.34. The van der Waals surface area contributed by atoms with E-state index >= 15 is 0 Å². The molecule has 1 aromatic carbocycles. The summed E-state index contributed by atoms with van der Waals surface area (Å²) in [6.45, 7) is 0.726. The van der Waals surface area contributed by atoms with Gasteiger partial charge in [0.15, 0.2) is 5.78 Å². The van der Waals surface area contributed by atoms with Crippen LogP contribution in [-0.4, -0.2) is 28.6 Å². The molecule has 0 aliphatic carbocycles. The van der Waals surface area contributed by atoms with E-state index in [0.717, 1.165) is 31.4 Å². The molecule has 0 N–H and O–H groups in total. The molecule has 0 saturated carbocycles. The van der Waals surface area contributed by atoms with Gasteiger partial charge in [0, 0.05) is 30.1 Å². The van der Waals surface area contributed by atoms with Crippen LogP contribution < -0.4 is 0 Å². The molecule has 4 nitrogen and oxygen atoms in total. The average Bonchev–Trinajstić information content (AvgIpc) is 3.04. The van der Waals surface area contributed by atoms with Crippen molar-refractivity contribution in [3.63, 3.8) is 0 Å². The minimum Gasteiger partial charge on any atom is -0.338 e. The van der Waals surface area contributed by atoms with E-state index in [-0.39, 0.29) is 17.6 Å². The Labute approximate surface area is 127 Å². The number of ketones is 1. The van der Waals surface area contributed by atoms with Crippen molar-refractivity contribution in [2.75, 3.05) is 6.54 Å². The van der Waals surface area contributed by atoms with Crippen molar-refractivity contribution < 1.29 is 14.0 Å². The molecular formula is C17H15FN2O2. The number of hydrogen-bond donors (Lipinski definition) is 0. The molecule has 22 heavy (non-hydrogen) atoms. The van der Waals surface area contributed by atoms with E-state index in [4.69, 9.17) is 0 Å². The molecular weight excluding hydrogens is 283 g/mol. The number of hydrogen-bond acceptors (Lipinski definition) is 3. The smallest absolute Gasteiger partial charge is 0.210 e. The standard InChI is InChI=1S/C17H15FN2O2/c18-15-5-3-12(4-6-15)17(22)14-8-13(9-19-10-14)16-2-1-7-20(16)11-21/h3-6,8-11,16H,1-2,7H2. The lowest BCUT2D eigenvalue weighted by molar-refractivity contribution is -0.118. The van der Waals surface area contributed by atoms with E-state index in [1.165, 1.54) is 30.5 Å². The minimum atomic E-state index is -0.379. The highest BCUT2D eigenvalue weighted by Crippen LogP contribution is 2.30. The predicted molar refractivity (Wildman–Crippen MR) is 78.8 cm³/mol. The van der Waals surface area contributed by atoms with E-state index in [2.05, 4.69) is 4.98 Å². The van der Waals surface area contributed by atoms with Crippen LogP contribution in [0.1, 0.15) is 40.4 Å². The predicted octanol–water partition coefficient (Wildman–Crippen LogP) is 2.75. The Kier molecular flexibility index (Phi) is 3.96. The Hall–Kier alpha value is -2.56. The van der Waals surface area contributed by atoms with E-state index in [1.54, 1.807) is 17.2 Å². The molecule has 1 aliphatic rings. The summed E-state index contributed by atoms with van der Waals surface area (Å²) in [7, 11) is 0. The molecule has 1 saturated heterocycles. The Morgan fingerprint density at radius 1 is 1.23 bits per heavy atom. The summed E-state index contributed by atoms with van der Waals surface area (Å²) in [5.41, 5.74) is 1.72. The third-order valence-corrected chi connectivity index (χ3v) is 3.94. The number of likely N-dealkylation sites (tertiary alicyclic amines) is 1. The molecule has 1 fully saturated rings. The second kappa shape index (κ2) is 6.05. The van der Waals surface area contributed by atoms with Crippen LogP contribution in [0.15, 0.2) is 42.7 Å². The molecule has 112 valence electrons. The van der Waals surface area contributed by atoms with E-state index < -0.39 is 0 Å². The van der Waals surface area contributed by atoms with Gasteiger partial charge >= 0.3 is 0 Å². The number of pyridine rings is 1. The van der Waals surface area contributed by atoms with Gasteiger partial charge in [0.2, 0.25) is 6.41 Å². The monoisotopic (exact) mass is 298 g/mol. The summed E-state index contributed by atoms with van der Waals surface area (Å²) >= 11 is 0. The lowest BCUT2D eigenvalue weighted by Gasteiger charge is -2.20. The van der Waals surface area contributed by atoms with Crippen LogP contribution in [0.4, 0.5) is 4.39 Å². The maximum atomic E-state index is 12.9. The Bertz CT molecular complexity index is 700. The van der Waals surface area contributed by atoms with Crippen molar-refractivity contribution in [1.82, 2.24) is 9.88 Å². The SMILES string of the molecule is O=CN1CCCC1c1cncc(C(=O)c2ccc(F)cc2)c1. The molecule has 0 spiro atoms. The molecule has 1 amide bonds. The number of carbonyl (C=O) groups is 2. The van der Waals surface area contributed by atoms with Crippen LogP contribution in [0.3, 0.4) is 0 Å². The molecule has 0 bridgehead atoms. The van der Waals surface area contributed by atoms with E-state index in [9.17, 15) is 14.0 Å². The van der Waals surface area contributed by atoms with Gasteiger partial charge in [-0.15, -0.1) is 0 Å². The fourth-order valence-electron chi connectivity index (χ4n) is 2.81. The van der Waals surface area contributed by atoms with Gasteiger partial charge < -0.3 is 4.90 Å². The van der Waals surface area contributed by atoms with Crippen molar-refractivity contribution in [3.8, 4) is 0 Å². The summed E-state index contributed by atoms with van der Waals surface area (Å²) in [4.78, 5) is 29.3. The van der Waals surface area contributed by atoms with Crippen LogP contribution in [0, 0.1) is 5.82 Å². The summed E-state index contributed by atoms with van der Waals surface area (Å²) < 4.78 is 12.9. The lowest BCUT2D eigenvalue weighted by atomic mass is 10.0. The molecule has 5 heteroatoms. The maximum Gasteiger partial charge on any atom is 0.210 e. The van der Waals surface area contributed by atoms with Crippen LogP contribution >= 0.6 is 0 Å². The highest BCUT2D eigenvalue weighted by Gasteiger charge is 2.25. The zero-order chi connectivity index (χ0) is 15.5. The van der Waals surface area contributed by atoms with Gasteiger partial charge in [-0.25, -0.2) is 4.39 Å². The van der Waals surface area contributed by atoms with Gasteiger partial charge in [-0.1, -0.05) is 0 Å². The number of rotatable bonds is 4. The average molecular weight is 298 g/mol. The summed E-state index contributed by atoms with van der Waals surface area (Å²) in [6, 6.07) is 7.18. The quantitative estimate of drug-likeness (QED) is 0.644. The molecule has 1 aliphatic heterocycles. The lowest BCUT2D eigenvalue weighted by Crippen LogP contribution is -2.21. The molecule has 1 aromatic heterocycles.